The maximum absolute atomic E-state index is 12.6. The molecule has 2 aliphatic rings. The van der Waals surface area contributed by atoms with Gasteiger partial charge in [-0.1, -0.05) is 18.2 Å². The fourth-order valence-corrected chi connectivity index (χ4v) is 3.64. The van der Waals surface area contributed by atoms with Crippen LogP contribution in [-0.2, 0) is 9.59 Å². The van der Waals surface area contributed by atoms with Gasteiger partial charge in [-0.05, 0) is 42.9 Å². The molecule has 0 unspecified atom stereocenters. The lowest BCUT2D eigenvalue weighted by Gasteiger charge is -2.28. The van der Waals surface area contributed by atoms with Crippen molar-refractivity contribution in [1.82, 2.24) is 0 Å². The lowest BCUT2D eigenvalue weighted by atomic mass is 9.82. The number of rotatable bonds is 4. The first-order chi connectivity index (χ1) is 10.5. The first-order valence-corrected chi connectivity index (χ1v) is 7.36. The van der Waals surface area contributed by atoms with Gasteiger partial charge in [0.25, 0.3) is 0 Å². The molecule has 0 aliphatic heterocycles. The Labute approximate surface area is 129 Å². The van der Waals surface area contributed by atoms with Gasteiger partial charge < -0.3 is 20.0 Å². The van der Waals surface area contributed by atoms with Crippen LogP contribution in [0.4, 0.5) is 5.69 Å². The van der Waals surface area contributed by atoms with Crippen molar-refractivity contribution in [1.29, 1.82) is 0 Å². The number of anilines is 1. The van der Waals surface area contributed by atoms with E-state index in [0.717, 1.165) is 5.56 Å². The molecule has 1 aromatic carbocycles. The van der Waals surface area contributed by atoms with E-state index in [1.165, 1.54) is 7.11 Å². The standard InChI is InChI=1S/C17H19NO4/c1-9-3-6-13(22-2)12(7-9)18-16(19)14-10-4-5-11(8-10)15(14)17(20)21/h3-7,10-11,14-15H,8H2,1-2H3,(H,18,19)(H,20,21)/p-1/t10-,11+,14+,15+/m1/s1. The molecule has 22 heavy (non-hydrogen) atoms. The molecule has 0 heterocycles. The van der Waals surface area contributed by atoms with E-state index in [1.807, 2.05) is 31.2 Å². The summed E-state index contributed by atoms with van der Waals surface area (Å²) in [5.41, 5.74) is 1.55. The zero-order valence-electron chi connectivity index (χ0n) is 12.5. The summed E-state index contributed by atoms with van der Waals surface area (Å²) in [4.78, 5) is 24.0. The van der Waals surface area contributed by atoms with Gasteiger partial charge in [0.15, 0.2) is 0 Å². The highest BCUT2D eigenvalue weighted by molar-refractivity contribution is 5.97. The topological polar surface area (TPSA) is 78.5 Å². The van der Waals surface area contributed by atoms with Crippen molar-refractivity contribution in [2.75, 3.05) is 12.4 Å². The predicted molar refractivity (Wildman–Crippen MR) is 79.1 cm³/mol. The number of carbonyl (C=O) groups is 2. The van der Waals surface area contributed by atoms with Crippen molar-refractivity contribution in [3.63, 3.8) is 0 Å². The van der Waals surface area contributed by atoms with E-state index in [2.05, 4.69) is 5.32 Å². The molecule has 1 aromatic rings. The summed E-state index contributed by atoms with van der Waals surface area (Å²) in [6, 6.07) is 5.48. The number of nitrogens with one attached hydrogen (secondary N) is 1. The van der Waals surface area contributed by atoms with Gasteiger partial charge >= 0.3 is 0 Å². The molecule has 5 nitrogen and oxygen atoms in total. The number of aryl methyl sites for hydroxylation is 1. The van der Waals surface area contributed by atoms with Crippen LogP contribution in [0.15, 0.2) is 30.4 Å². The van der Waals surface area contributed by atoms with Gasteiger partial charge in [0.05, 0.1) is 18.7 Å². The third kappa shape index (κ3) is 2.36. The Morgan fingerprint density at radius 3 is 2.55 bits per heavy atom. The van der Waals surface area contributed by atoms with Crippen LogP contribution in [0.2, 0.25) is 0 Å². The molecular weight excluding hydrogens is 282 g/mol. The average molecular weight is 300 g/mol. The van der Waals surface area contributed by atoms with Crippen molar-refractivity contribution >= 4 is 17.6 Å². The Morgan fingerprint density at radius 1 is 1.23 bits per heavy atom. The molecule has 0 spiro atoms. The third-order valence-electron chi connectivity index (χ3n) is 4.65. The van der Waals surface area contributed by atoms with Crippen LogP contribution < -0.4 is 15.2 Å². The fourth-order valence-electron chi connectivity index (χ4n) is 3.64. The number of allylic oxidation sites excluding steroid dienone is 2. The van der Waals surface area contributed by atoms with Gasteiger partial charge in [-0.3, -0.25) is 4.79 Å². The number of carboxylic acids is 1. The highest BCUT2D eigenvalue weighted by Gasteiger charge is 2.48. The molecule has 3 rings (SSSR count). The number of carbonyl (C=O) groups excluding carboxylic acids is 2. The fraction of sp³-hybridized carbons (Fsp3) is 0.412. The SMILES string of the molecule is COc1ccc(C)cc1NC(=O)[C@@H]1[C@@H](C(=O)[O-])[C@H]2C=C[C@@H]1C2. The maximum Gasteiger partial charge on any atom is 0.228 e. The number of carboxylic acid groups (broad SMARTS) is 1. The van der Waals surface area contributed by atoms with E-state index in [-0.39, 0.29) is 17.7 Å². The molecule has 0 aromatic heterocycles. The second-order valence-corrected chi connectivity index (χ2v) is 6.01. The van der Waals surface area contributed by atoms with Crippen LogP contribution in [0.3, 0.4) is 0 Å². The molecule has 2 aliphatic carbocycles. The van der Waals surface area contributed by atoms with E-state index in [1.54, 1.807) is 6.07 Å². The summed E-state index contributed by atoms with van der Waals surface area (Å²) in [5.74, 6) is -2.31. The van der Waals surface area contributed by atoms with Crippen molar-refractivity contribution in [2.24, 2.45) is 23.7 Å². The van der Waals surface area contributed by atoms with E-state index in [9.17, 15) is 14.7 Å². The second-order valence-electron chi connectivity index (χ2n) is 6.01. The molecule has 1 saturated carbocycles. The molecule has 2 bridgehead atoms. The summed E-state index contributed by atoms with van der Waals surface area (Å²) in [7, 11) is 1.53. The van der Waals surface area contributed by atoms with Gasteiger partial charge in [0.1, 0.15) is 5.75 Å². The largest absolute Gasteiger partial charge is 0.550 e. The highest BCUT2D eigenvalue weighted by atomic mass is 16.5. The smallest absolute Gasteiger partial charge is 0.228 e. The summed E-state index contributed by atoms with van der Waals surface area (Å²) >= 11 is 0. The molecule has 5 heteroatoms. The number of methoxy groups -OCH3 is 1. The summed E-state index contributed by atoms with van der Waals surface area (Å²) < 4.78 is 5.24. The molecule has 1 amide bonds. The first-order valence-electron chi connectivity index (χ1n) is 7.36. The van der Waals surface area contributed by atoms with Gasteiger partial charge in [-0.25, -0.2) is 0 Å². The zero-order valence-corrected chi connectivity index (χ0v) is 12.5. The summed E-state index contributed by atoms with van der Waals surface area (Å²) in [6.45, 7) is 1.92. The Hall–Kier alpha value is -2.30. The molecule has 0 saturated heterocycles. The van der Waals surface area contributed by atoms with Crippen molar-refractivity contribution in [3.05, 3.63) is 35.9 Å². The minimum absolute atomic E-state index is 0.0243. The maximum atomic E-state index is 12.6. The number of hydrogen-bond acceptors (Lipinski definition) is 4. The highest BCUT2D eigenvalue weighted by Crippen LogP contribution is 2.48. The molecule has 1 fully saturated rings. The minimum Gasteiger partial charge on any atom is -0.550 e. The monoisotopic (exact) mass is 300 g/mol. The van der Waals surface area contributed by atoms with E-state index >= 15 is 0 Å². The van der Waals surface area contributed by atoms with Gasteiger partial charge in [0.2, 0.25) is 5.91 Å². The van der Waals surface area contributed by atoms with Gasteiger partial charge in [-0.15, -0.1) is 0 Å². The molecule has 116 valence electrons. The number of benzene rings is 1. The number of aliphatic carboxylic acids is 1. The van der Waals surface area contributed by atoms with Crippen LogP contribution in [0, 0.1) is 30.6 Å². The quantitative estimate of drug-likeness (QED) is 0.846. The minimum atomic E-state index is -1.15. The molecule has 0 radical (unpaired) electrons. The predicted octanol–water partition coefficient (Wildman–Crippen LogP) is 1.13. The normalized spacial score (nSPS) is 28.6. The van der Waals surface area contributed by atoms with Crippen LogP contribution in [0.25, 0.3) is 0 Å². The zero-order chi connectivity index (χ0) is 15.9. The lowest BCUT2D eigenvalue weighted by molar-refractivity contribution is -0.313. The Morgan fingerprint density at radius 2 is 1.91 bits per heavy atom. The third-order valence-corrected chi connectivity index (χ3v) is 4.65. The van der Waals surface area contributed by atoms with Crippen molar-refractivity contribution < 1.29 is 19.4 Å². The van der Waals surface area contributed by atoms with E-state index in [4.69, 9.17) is 4.74 Å². The molecule has 1 N–H and O–H groups in total. The van der Waals surface area contributed by atoms with E-state index in [0.29, 0.717) is 17.9 Å². The van der Waals surface area contributed by atoms with Crippen LogP contribution in [0.1, 0.15) is 12.0 Å². The van der Waals surface area contributed by atoms with Gasteiger partial charge in [-0.2, -0.15) is 0 Å². The van der Waals surface area contributed by atoms with Crippen LogP contribution in [0.5, 0.6) is 5.75 Å². The average Bonchev–Trinajstić information content (AvgIpc) is 3.08. The van der Waals surface area contributed by atoms with Crippen molar-refractivity contribution in [3.8, 4) is 5.75 Å². The Balaban J connectivity index is 1.84. The Kier molecular flexibility index (Phi) is 3.64. The Bertz CT molecular complexity index is 652. The van der Waals surface area contributed by atoms with Gasteiger partial charge in [0, 0.05) is 11.9 Å². The lowest BCUT2D eigenvalue weighted by Crippen LogP contribution is -2.42. The summed E-state index contributed by atoms with van der Waals surface area (Å²) in [5, 5.41) is 14.2. The number of hydrogen-bond donors (Lipinski definition) is 1. The van der Waals surface area contributed by atoms with Crippen LogP contribution in [-0.4, -0.2) is 19.0 Å². The second kappa shape index (κ2) is 5.48. The van der Waals surface area contributed by atoms with Crippen LogP contribution >= 0.6 is 0 Å². The van der Waals surface area contributed by atoms with E-state index < -0.39 is 17.8 Å². The number of amides is 1. The molecule has 4 atom stereocenters. The first kappa shape index (κ1) is 14.6. The summed E-state index contributed by atoms with van der Waals surface area (Å²) in [6.07, 6.45) is 4.55. The molecular formula is C17H18NO4-. The van der Waals surface area contributed by atoms with Crippen molar-refractivity contribution in [2.45, 2.75) is 13.3 Å². The number of fused-ring (bicyclic) bond motifs is 2. The number of ether oxygens (including phenoxy) is 1.